The monoisotopic (exact) mass is 297 g/mol. The van der Waals surface area contributed by atoms with Gasteiger partial charge in [0.25, 0.3) is 0 Å². The Kier molecular flexibility index (Phi) is 5.08. The van der Waals surface area contributed by atoms with Crippen molar-refractivity contribution in [1.29, 1.82) is 0 Å². The SMILES string of the molecule is CC(C)(C)OC(=O)N[C@@H]1CCC(=O)N[C@@H]1[C@@H]1CCCNC1. The zero-order valence-corrected chi connectivity index (χ0v) is 13.2. The molecule has 6 nitrogen and oxygen atoms in total. The van der Waals surface area contributed by atoms with Gasteiger partial charge in [0.2, 0.25) is 5.91 Å². The molecule has 0 saturated carbocycles. The lowest BCUT2D eigenvalue weighted by molar-refractivity contribution is -0.124. The van der Waals surface area contributed by atoms with Gasteiger partial charge in [-0.3, -0.25) is 4.79 Å². The maximum atomic E-state index is 12.0. The van der Waals surface area contributed by atoms with Gasteiger partial charge in [0.05, 0.1) is 12.1 Å². The predicted octanol–water partition coefficient (Wildman–Crippen LogP) is 1.16. The van der Waals surface area contributed by atoms with Crippen LogP contribution >= 0.6 is 0 Å². The first-order valence-electron chi connectivity index (χ1n) is 7.85. The summed E-state index contributed by atoms with van der Waals surface area (Å²) in [6.07, 6.45) is 2.90. The minimum absolute atomic E-state index is 0.00781. The molecule has 3 N–H and O–H groups in total. The molecule has 0 radical (unpaired) electrons. The highest BCUT2D eigenvalue weighted by atomic mass is 16.6. The summed E-state index contributed by atoms with van der Waals surface area (Å²) in [6, 6.07) is -0.0611. The number of hydrogen-bond acceptors (Lipinski definition) is 4. The Labute approximate surface area is 126 Å². The molecule has 0 unspecified atom stereocenters. The number of piperidine rings is 2. The van der Waals surface area contributed by atoms with E-state index in [1.54, 1.807) is 0 Å². The second kappa shape index (κ2) is 6.64. The van der Waals surface area contributed by atoms with Crippen molar-refractivity contribution in [1.82, 2.24) is 16.0 Å². The fraction of sp³-hybridized carbons (Fsp3) is 0.867. The zero-order chi connectivity index (χ0) is 15.5. The molecule has 21 heavy (non-hydrogen) atoms. The average molecular weight is 297 g/mol. The van der Waals surface area contributed by atoms with Gasteiger partial charge in [-0.1, -0.05) is 0 Å². The van der Waals surface area contributed by atoms with E-state index in [2.05, 4.69) is 16.0 Å². The number of alkyl carbamates (subject to hydrolysis) is 1. The molecule has 2 heterocycles. The van der Waals surface area contributed by atoms with Crippen molar-refractivity contribution in [2.24, 2.45) is 5.92 Å². The number of amides is 2. The fourth-order valence-electron chi connectivity index (χ4n) is 3.08. The molecule has 0 aliphatic carbocycles. The summed E-state index contributed by atoms with van der Waals surface area (Å²) in [5, 5.41) is 9.36. The average Bonchev–Trinajstić information content (AvgIpc) is 2.40. The first-order chi connectivity index (χ1) is 9.85. The van der Waals surface area contributed by atoms with Crippen LogP contribution in [0.2, 0.25) is 0 Å². The van der Waals surface area contributed by atoms with Gasteiger partial charge in [0.1, 0.15) is 5.60 Å². The quantitative estimate of drug-likeness (QED) is 0.714. The first-order valence-corrected chi connectivity index (χ1v) is 7.85. The number of rotatable bonds is 2. The van der Waals surface area contributed by atoms with Crippen LogP contribution < -0.4 is 16.0 Å². The van der Waals surface area contributed by atoms with Gasteiger partial charge in [-0.25, -0.2) is 4.79 Å². The second-order valence-electron chi connectivity index (χ2n) is 6.99. The minimum Gasteiger partial charge on any atom is -0.444 e. The molecule has 2 aliphatic heterocycles. The van der Waals surface area contributed by atoms with Crippen LogP contribution in [0.1, 0.15) is 46.5 Å². The van der Waals surface area contributed by atoms with E-state index in [1.807, 2.05) is 20.8 Å². The second-order valence-corrected chi connectivity index (χ2v) is 6.99. The van der Waals surface area contributed by atoms with E-state index in [1.165, 1.54) is 0 Å². The van der Waals surface area contributed by atoms with Gasteiger partial charge in [-0.05, 0) is 59.0 Å². The Morgan fingerprint density at radius 1 is 1.33 bits per heavy atom. The molecule has 2 rings (SSSR count). The maximum absolute atomic E-state index is 12.0. The highest BCUT2D eigenvalue weighted by Crippen LogP contribution is 2.22. The van der Waals surface area contributed by atoms with E-state index in [0.717, 1.165) is 25.9 Å². The largest absolute Gasteiger partial charge is 0.444 e. The van der Waals surface area contributed by atoms with Crippen molar-refractivity contribution in [3.05, 3.63) is 0 Å². The molecule has 0 aromatic heterocycles. The van der Waals surface area contributed by atoms with Crippen molar-refractivity contribution in [3.8, 4) is 0 Å². The normalized spacial score (nSPS) is 30.4. The predicted molar refractivity (Wildman–Crippen MR) is 79.9 cm³/mol. The molecule has 2 aliphatic rings. The number of carbonyl (C=O) groups is 2. The Bertz CT molecular complexity index is 386. The third-order valence-corrected chi connectivity index (χ3v) is 3.99. The van der Waals surface area contributed by atoms with Crippen LogP contribution in [0.4, 0.5) is 4.79 Å². The third-order valence-electron chi connectivity index (χ3n) is 3.99. The van der Waals surface area contributed by atoms with Crippen LogP contribution in [0.3, 0.4) is 0 Å². The lowest BCUT2D eigenvalue weighted by Gasteiger charge is -2.39. The van der Waals surface area contributed by atoms with Crippen molar-refractivity contribution in [2.75, 3.05) is 13.1 Å². The topological polar surface area (TPSA) is 79.5 Å². The maximum Gasteiger partial charge on any atom is 0.407 e. The van der Waals surface area contributed by atoms with Crippen molar-refractivity contribution in [2.45, 2.75) is 64.1 Å². The number of nitrogens with one attached hydrogen (secondary N) is 3. The summed E-state index contributed by atoms with van der Waals surface area (Å²) < 4.78 is 5.32. The molecule has 2 fully saturated rings. The summed E-state index contributed by atoms with van der Waals surface area (Å²) in [5.41, 5.74) is -0.510. The van der Waals surface area contributed by atoms with Crippen LogP contribution in [0.5, 0.6) is 0 Å². The highest BCUT2D eigenvalue weighted by Gasteiger charge is 2.36. The number of ether oxygens (including phenoxy) is 1. The van der Waals surface area contributed by atoms with Crippen LogP contribution in [-0.2, 0) is 9.53 Å². The van der Waals surface area contributed by atoms with E-state index in [9.17, 15) is 9.59 Å². The summed E-state index contributed by atoms with van der Waals surface area (Å²) in [6.45, 7) is 7.45. The molecule has 0 aromatic rings. The zero-order valence-electron chi connectivity index (χ0n) is 13.2. The first kappa shape index (κ1) is 16.1. The number of carbonyl (C=O) groups excluding carboxylic acids is 2. The third kappa shape index (κ3) is 4.88. The number of hydrogen-bond donors (Lipinski definition) is 3. The Morgan fingerprint density at radius 3 is 2.71 bits per heavy atom. The molecule has 0 bridgehead atoms. The van der Waals surface area contributed by atoms with Gasteiger partial charge < -0.3 is 20.7 Å². The summed E-state index contributed by atoms with van der Waals surface area (Å²) in [5.74, 6) is 0.441. The van der Waals surface area contributed by atoms with Gasteiger partial charge in [0, 0.05) is 6.42 Å². The molecular formula is C15H27N3O3. The molecule has 2 amide bonds. The smallest absolute Gasteiger partial charge is 0.407 e. The molecular weight excluding hydrogens is 270 g/mol. The van der Waals surface area contributed by atoms with E-state index in [4.69, 9.17) is 4.74 Å². The molecule has 6 heteroatoms. The van der Waals surface area contributed by atoms with Gasteiger partial charge >= 0.3 is 6.09 Å². The van der Waals surface area contributed by atoms with Crippen LogP contribution in [-0.4, -0.2) is 42.8 Å². The Hall–Kier alpha value is -1.30. The van der Waals surface area contributed by atoms with Gasteiger partial charge in [-0.2, -0.15) is 0 Å². The fourth-order valence-corrected chi connectivity index (χ4v) is 3.08. The standard InChI is InChI=1S/C15H27N3O3/c1-15(2,3)21-14(20)17-11-6-7-12(19)18-13(11)10-5-4-8-16-9-10/h10-11,13,16H,4-9H2,1-3H3,(H,17,20)(H,18,19)/t10-,11-,13-/m1/s1. The lowest BCUT2D eigenvalue weighted by atomic mass is 9.83. The van der Waals surface area contributed by atoms with Crippen molar-refractivity contribution in [3.63, 3.8) is 0 Å². The summed E-state index contributed by atoms with van der Waals surface area (Å²) in [7, 11) is 0. The lowest BCUT2D eigenvalue weighted by Crippen LogP contribution is -2.60. The van der Waals surface area contributed by atoms with Crippen molar-refractivity contribution < 1.29 is 14.3 Å². The van der Waals surface area contributed by atoms with E-state index < -0.39 is 11.7 Å². The summed E-state index contributed by atoms with van der Waals surface area (Å²) in [4.78, 5) is 23.7. The molecule has 3 atom stereocenters. The molecule has 0 aromatic carbocycles. The highest BCUT2D eigenvalue weighted by molar-refractivity contribution is 5.78. The van der Waals surface area contributed by atoms with Crippen LogP contribution in [0.25, 0.3) is 0 Å². The van der Waals surface area contributed by atoms with Gasteiger partial charge in [0.15, 0.2) is 0 Å². The molecule has 2 saturated heterocycles. The van der Waals surface area contributed by atoms with Gasteiger partial charge in [-0.15, -0.1) is 0 Å². The van der Waals surface area contributed by atoms with Crippen molar-refractivity contribution >= 4 is 12.0 Å². The minimum atomic E-state index is -0.510. The van der Waals surface area contributed by atoms with E-state index >= 15 is 0 Å². The Balaban J connectivity index is 1.97. The van der Waals surface area contributed by atoms with Crippen LogP contribution in [0.15, 0.2) is 0 Å². The Morgan fingerprint density at radius 2 is 2.10 bits per heavy atom. The van der Waals surface area contributed by atoms with Crippen LogP contribution in [0, 0.1) is 5.92 Å². The van der Waals surface area contributed by atoms with E-state index in [-0.39, 0.29) is 18.0 Å². The molecule has 0 spiro atoms. The molecule has 120 valence electrons. The summed E-state index contributed by atoms with van der Waals surface area (Å²) >= 11 is 0. The van der Waals surface area contributed by atoms with E-state index in [0.29, 0.717) is 18.8 Å².